The van der Waals surface area contributed by atoms with Gasteiger partial charge in [0.05, 0.1) is 0 Å². The smallest absolute Gasteiger partial charge is 0.262 e. The Labute approximate surface area is 153 Å². The van der Waals surface area contributed by atoms with Crippen molar-refractivity contribution in [2.45, 2.75) is 26.4 Å². The SMILES string of the molecule is CC(C)n1cc(/C=C(\C#N)C(=O)NCc2ccccc2)c2ccccc21. The molecule has 0 aliphatic heterocycles. The van der Waals surface area contributed by atoms with E-state index in [1.54, 1.807) is 6.08 Å². The average molecular weight is 343 g/mol. The zero-order valence-electron chi connectivity index (χ0n) is 14.9. The topological polar surface area (TPSA) is 57.8 Å². The third-order valence-electron chi connectivity index (χ3n) is 4.29. The van der Waals surface area contributed by atoms with Crippen LogP contribution in [0.15, 0.2) is 66.4 Å². The molecule has 1 amide bonds. The summed E-state index contributed by atoms with van der Waals surface area (Å²) in [5.74, 6) is -0.363. The molecular formula is C22H21N3O. The van der Waals surface area contributed by atoms with Gasteiger partial charge in [0, 0.05) is 35.2 Å². The number of rotatable bonds is 5. The van der Waals surface area contributed by atoms with E-state index in [1.807, 2.05) is 66.9 Å². The van der Waals surface area contributed by atoms with Gasteiger partial charge in [-0.05, 0) is 31.6 Å². The van der Waals surface area contributed by atoms with E-state index in [0.717, 1.165) is 22.0 Å². The largest absolute Gasteiger partial charge is 0.347 e. The first-order valence-corrected chi connectivity index (χ1v) is 8.63. The molecule has 0 spiro atoms. The minimum Gasteiger partial charge on any atom is -0.347 e. The molecule has 0 bridgehead atoms. The van der Waals surface area contributed by atoms with Crippen LogP contribution in [0.3, 0.4) is 0 Å². The fraction of sp³-hybridized carbons (Fsp3) is 0.182. The van der Waals surface area contributed by atoms with Crippen LogP contribution in [0.1, 0.15) is 31.0 Å². The van der Waals surface area contributed by atoms with Crippen molar-refractivity contribution >= 4 is 22.9 Å². The molecule has 26 heavy (non-hydrogen) atoms. The molecule has 4 heteroatoms. The van der Waals surface area contributed by atoms with Gasteiger partial charge in [0.1, 0.15) is 11.6 Å². The van der Waals surface area contributed by atoms with Crippen molar-refractivity contribution in [1.82, 2.24) is 9.88 Å². The monoisotopic (exact) mass is 343 g/mol. The highest BCUT2D eigenvalue weighted by Gasteiger charge is 2.13. The highest BCUT2D eigenvalue weighted by atomic mass is 16.1. The van der Waals surface area contributed by atoms with Crippen molar-refractivity contribution < 1.29 is 4.79 Å². The summed E-state index contributed by atoms with van der Waals surface area (Å²) in [4.78, 5) is 12.4. The Morgan fingerprint density at radius 3 is 2.54 bits per heavy atom. The summed E-state index contributed by atoms with van der Waals surface area (Å²) >= 11 is 0. The molecule has 2 aromatic carbocycles. The zero-order chi connectivity index (χ0) is 18.5. The molecule has 0 saturated heterocycles. The van der Waals surface area contributed by atoms with E-state index in [4.69, 9.17) is 0 Å². The van der Waals surface area contributed by atoms with Gasteiger partial charge in [-0.3, -0.25) is 4.79 Å². The van der Waals surface area contributed by atoms with Crippen molar-refractivity contribution in [3.8, 4) is 6.07 Å². The maximum atomic E-state index is 12.4. The minimum atomic E-state index is -0.363. The number of hydrogen-bond donors (Lipinski definition) is 1. The molecule has 3 rings (SSSR count). The maximum absolute atomic E-state index is 12.4. The van der Waals surface area contributed by atoms with Gasteiger partial charge in [-0.1, -0.05) is 48.5 Å². The van der Waals surface area contributed by atoms with Crippen molar-refractivity contribution in [3.05, 3.63) is 77.5 Å². The minimum absolute atomic E-state index is 0.104. The average Bonchev–Trinajstić information content (AvgIpc) is 3.04. The van der Waals surface area contributed by atoms with Crippen LogP contribution in [0.5, 0.6) is 0 Å². The van der Waals surface area contributed by atoms with Crippen molar-refractivity contribution in [1.29, 1.82) is 5.26 Å². The number of aromatic nitrogens is 1. The zero-order valence-corrected chi connectivity index (χ0v) is 14.9. The molecule has 1 heterocycles. The van der Waals surface area contributed by atoms with Crippen LogP contribution >= 0.6 is 0 Å². The standard InChI is InChI=1S/C22H21N3O/c1-16(2)25-15-19(20-10-6-7-11-21(20)25)12-18(13-23)22(26)24-14-17-8-4-3-5-9-17/h3-12,15-16H,14H2,1-2H3,(H,24,26)/b18-12+. The van der Waals surface area contributed by atoms with Gasteiger partial charge in [-0.15, -0.1) is 0 Å². The lowest BCUT2D eigenvalue weighted by Gasteiger charge is -2.08. The number of nitriles is 1. The molecule has 0 atom stereocenters. The lowest BCUT2D eigenvalue weighted by molar-refractivity contribution is -0.117. The van der Waals surface area contributed by atoms with Gasteiger partial charge < -0.3 is 9.88 Å². The van der Waals surface area contributed by atoms with E-state index < -0.39 is 0 Å². The third kappa shape index (κ3) is 3.68. The molecule has 0 fully saturated rings. The molecule has 4 nitrogen and oxygen atoms in total. The van der Waals surface area contributed by atoms with E-state index in [0.29, 0.717) is 12.6 Å². The Morgan fingerprint density at radius 1 is 1.15 bits per heavy atom. The number of hydrogen-bond acceptors (Lipinski definition) is 2. The highest BCUT2D eigenvalue weighted by molar-refractivity contribution is 6.04. The number of nitrogens with zero attached hydrogens (tertiary/aromatic N) is 2. The van der Waals surface area contributed by atoms with Gasteiger partial charge in [-0.2, -0.15) is 5.26 Å². The second-order valence-corrected chi connectivity index (χ2v) is 6.44. The summed E-state index contributed by atoms with van der Waals surface area (Å²) in [6.07, 6.45) is 3.67. The van der Waals surface area contributed by atoms with Crippen LogP contribution in [0.4, 0.5) is 0 Å². The fourth-order valence-electron chi connectivity index (χ4n) is 2.95. The molecule has 0 saturated carbocycles. The van der Waals surface area contributed by atoms with E-state index in [9.17, 15) is 10.1 Å². The fourth-order valence-corrected chi connectivity index (χ4v) is 2.95. The molecule has 0 aliphatic rings. The number of carbonyl (C=O) groups is 1. The maximum Gasteiger partial charge on any atom is 0.262 e. The second kappa shape index (κ2) is 7.71. The number of para-hydroxylation sites is 1. The summed E-state index contributed by atoms with van der Waals surface area (Å²) in [6, 6.07) is 20.0. The predicted molar refractivity (Wildman–Crippen MR) is 104 cm³/mol. The van der Waals surface area contributed by atoms with Gasteiger partial charge >= 0.3 is 0 Å². The number of nitrogens with one attached hydrogen (secondary N) is 1. The summed E-state index contributed by atoms with van der Waals surface area (Å²) < 4.78 is 2.15. The highest BCUT2D eigenvalue weighted by Crippen LogP contribution is 2.26. The molecule has 1 aromatic heterocycles. The van der Waals surface area contributed by atoms with Crippen LogP contribution in [-0.4, -0.2) is 10.5 Å². The third-order valence-corrected chi connectivity index (χ3v) is 4.29. The molecular weight excluding hydrogens is 322 g/mol. The van der Waals surface area contributed by atoms with E-state index in [2.05, 4.69) is 23.7 Å². The van der Waals surface area contributed by atoms with Crippen LogP contribution in [0.25, 0.3) is 17.0 Å². The summed E-state index contributed by atoms with van der Waals surface area (Å²) in [7, 11) is 0. The number of benzene rings is 2. The Hall–Kier alpha value is -3.32. The van der Waals surface area contributed by atoms with Crippen LogP contribution in [0, 0.1) is 11.3 Å². The van der Waals surface area contributed by atoms with Crippen LogP contribution < -0.4 is 5.32 Å². The molecule has 0 aliphatic carbocycles. The van der Waals surface area contributed by atoms with E-state index >= 15 is 0 Å². The Balaban J connectivity index is 1.88. The lowest BCUT2D eigenvalue weighted by atomic mass is 10.1. The second-order valence-electron chi connectivity index (χ2n) is 6.44. The molecule has 0 unspecified atom stereocenters. The Kier molecular flexibility index (Phi) is 5.19. The number of amides is 1. The first-order valence-electron chi connectivity index (χ1n) is 8.63. The quantitative estimate of drug-likeness (QED) is 0.550. The Morgan fingerprint density at radius 2 is 1.85 bits per heavy atom. The van der Waals surface area contributed by atoms with Crippen LogP contribution in [-0.2, 0) is 11.3 Å². The Bertz CT molecular complexity index is 991. The van der Waals surface area contributed by atoms with Gasteiger partial charge in [0.2, 0.25) is 0 Å². The lowest BCUT2D eigenvalue weighted by Crippen LogP contribution is -2.23. The van der Waals surface area contributed by atoms with Gasteiger partial charge in [-0.25, -0.2) is 0 Å². The number of fused-ring (bicyclic) bond motifs is 1. The number of carbonyl (C=O) groups excluding carboxylic acids is 1. The van der Waals surface area contributed by atoms with Gasteiger partial charge in [0.25, 0.3) is 5.91 Å². The van der Waals surface area contributed by atoms with E-state index in [-0.39, 0.29) is 11.5 Å². The molecule has 130 valence electrons. The van der Waals surface area contributed by atoms with Crippen molar-refractivity contribution in [3.63, 3.8) is 0 Å². The van der Waals surface area contributed by atoms with Gasteiger partial charge in [0.15, 0.2) is 0 Å². The normalized spacial score (nSPS) is 11.5. The first-order chi connectivity index (χ1) is 12.6. The molecule has 0 radical (unpaired) electrons. The van der Waals surface area contributed by atoms with E-state index in [1.165, 1.54) is 0 Å². The molecule has 1 N–H and O–H groups in total. The van der Waals surface area contributed by atoms with Crippen molar-refractivity contribution in [2.75, 3.05) is 0 Å². The first kappa shape index (κ1) is 17.5. The summed E-state index contributed by atoms with van der Waals surface area (Å²) in [6.45, 7) is 4.61. The predicted octanol–water partition coefficient (Wildman–Crippen LogP) is 4.45. The van der Waals surface area contributed by atoms with Crippen LogP contribution in [0.2, 0.25) is 0 Å². The summed E-state index contributed by atoms with van der Waals surface area (Å²) in [5.41, 5.74) is 3.07. The van der Waals surface area contributed by atoms with Crippen molar-refractivity contribution in [2.24, 2.45) is 0 Å². The molecule has 3 aromatic rings. The summed E-state index contributed by atoms with van der Waals surface area (Å²) in [5, 5.41) is 13.3.